The van der Waals surface area contributed by atoms with Gasteiger partial charge < -0.3 is 5.32 Å². The van der Waals surface area contributed by atoms with Crippen LogP contribution in [0, 0.1) is 18.6 Å². The molecule has 0 radical (unpaired) electrons. The fourth-order valence-electron chi connectivity index (χ4n) is 2.18. The summed E-state index contributed by atoms with van der Waals surface area (Å²) < 4.78 is 28.9. The van der Waals surface area contributed by atoms with Gasteiger partial charge in [-0.05, 0) is 25.1 Å². The summed E-state index contributed by atoms with van der Waals surface area (Å²) in [5, 5.41) is 7.85. The van der Waals surface area contributed by atoms with Gasteiger partial charge in [-0.2, -0.15) is 5.10 Å². The van der Waals surface area contributed by atoms with Crippen molar-refractivity contribution in [2.45, 2.75) is 13.5 Å². The van der Waals surface area contributed by atoms with Gasteiger partial charge in [0, 0.05) is 25.4 Å². The van der Waals surface area contributed by atoms with Crippen LogP contribution in [0.2, 0.25) is 0 Å². The summed E-state index contributed by atoms with van der Waals surface area (Å²) in [6.45, 7) is 1.97. The van der Waals surface area contributed by atoms with Crippen molar-refractivity contribution in [3.05, 3.63) is 53.4 Å². The summed E-state index contributed by atoms with van der Waals surface area (Å²) in [6, 6.07) is 5.80. The number of nitrogens with one attached hydrogen (secondary N) is 1. The second kappa shape index (κ2) is 5.84. The molecule has 0 saturated heterocycles. The molecule has 0 atom stereocenters. The average molecular weight is 320 g/mol. The van der Waals surface area contributed by atoms with Crippen LogP contribution in [0.25, 0.3) is 10.6 Å². The first-order valence-corrected chi connectivity index (χ1v) is 7.50. The maximum Gasteiger partial charge on any atom is 0.183 e. The molecule has 3 rings (SSSR count). The van der Waals surface area contributed by atoms with E-state index < -0.39 is 11.6 Å². The third-order valence-electron chi connectivity index (χ3n) is 3.24. The minimum Gasteiger partial charge on any atom is -0.357 e. The van der Waals surface area contributed by atoms with E-state index in [1.54, 1.807) is 10.9 Å². The van der Waals surface area contributed by atoms with E-state index in [1.807, 2.05) is 20.0 Å². The first-order chi connectivity index (χ1) is 10.5. The molecule has 0 fully saturated rings. The van der Waals surface area contributed by atoms with Gasteiger partial charge in [-0.3, -0.25) is 4.68 Å². The number of aromatic nitrogens is 3. The zero-order valence-corrected chi connectivity index (χ0v) is 12.9. The molecule has 0 saturated carbocycles. The lowest BCUT2D eigenvalue weighted by atomic mass is 10.2. The highest BCUT2D eigenvalue weighted by Crippen LogP contribution is 2.29. The lowest BCUT2D eigenvalue weighted by molar-refractivity contribution is 0.560. The largest absolute Gasteiger partial charge is 0.357 e. The fraction of sp³-hybridized carbons (Fsp3) is 0.200. The molecule has 0 aliphatic carbocycles. The molecule has 2 aromatic heterocycles. The van der Waals surface area contributed by atoms with Gasteiger partial charge in [-0.25, -0.2) is 13.8 Å². The van der Waals surface area contributed by atoms with Crippen LogP contribution in [-0.2, 0) is 13.6 Å². The molecule has 1 aromatic carbocycles. The van der Waals surface area contributed by atoms with Crippen LogP contribution >= 0.6 is 11.3 Å². The van der Waals surface area contributed by atoms with Gasteiger partial charge in [0.05, 0.1) is 16.3 Å². The minimum atomic E-state index is -0.563. The zero-order valence-electron chi connectivity index (χ0n) is 12.1. The molecule has 0 aliphatic heterocycles. The molecule has 114 valence electrons. The molecule has 7 heteroatoms. The van der Waals surface area contributed by atoms with Crippen LogP contribution in [-0.4, -0.2) is 14.8 Å². The molecule has 0 aliphatic rings. The standard InChI is InChI=1S/C15H14F2N4S/c1-9-6-13(21(2)20-9)14-8-19-15(22-14)18-7-10-11(16)4-3-5-12(10)17/h3-6,8H,7H2,1-2H3,(H,18,19). The molecule has 4 nitrogen and oxygen atoms in total. The molecule has 22 heavy (non-hydrogen) atoms. The van der Waals surface area contributed by atoms with Crippen LogP contribution in [0.1, 0.15) is 11.3 Å². The smallest absolute Gasteiger partial charge is 0.183 e. The quantitative estimate of drug-likeness (QED) is 0.796. The summed E-state index contributed by atoms with van der Waals surface area (Å²) >= 11 is 1.42. The van der Waals surface area contributed by atoms with Crippen molar-refractivity contribution in [1.29, 1.82) is 0 Å². The molecule has 0 spiro atoms. The number of hydrogen-bond donors (Lipinski definition) is 1. The van der Waals surface area contributed by atoms with Crippen molar-refractivity contribution in [3.63, 3.8) is 0 Å². The van der Waals surface area contributed by atoms with Gasteiger partial charge in [0.15, 0.2) is 5.13 Å². The first kappa shape index (κ1) is 14.6. The Bertz CT molecular complexity index is 789. The SMILES string of the molecule is Cc1cc(-c2cnc(NCc3c(F)cccc3F)s2)n(C)n1. The molecule has 2 heterocycles. The van der Waals surface area contributed by atoms with E-state index in [-0.39, 0.29) is 12.1 Å². The molecule has 0 bridgehead atoms. The third-order valence-corrected chi connectivity index (χ3v) is 4.22. The highest BCUT2D eigenvalue weighted by atomic mass is 32.1. The van der Waals surface area contributed by atoms with E-state index in [1.165, 1.54) is 29.5 Å². The molecule has 1 N–H and O–H groups in total. The molecular weight excluding hydrogens is 306 g/mol. The Morgan fingerprint density at radius 2 is 2.00 bits per heavy atom. The van der Waals surface area contributed by atoms with E-state index in [4.69, 9.17) is 0 Å². The summed E-state index contributed by atoms with van der Waals surface area (Å²) in [5.74, 6) is -1.13. The van der Waals surface area contributed by atoms with Crippen LogP contribution in [0.3, 0.4) is 0 Å². The van der Waals surface area contributed by atoms with Crippen LogP contribution in [0.4, 0.5) is 13.9 Å². The first-order valence-electron chi connectivity index (χ1n) is 6.68. The predicted octanol–water partition coefficient (Wildman–Crippen LogP) is 3.74. The fourth-order valence-corrected chi connectivity index (χ4v) is 3.04. The van der Waals surface area contributed by atoms with E-state index >= 15 is 0 Å². The van der Waals surface area contributed by atoms with E-state index in [2.05, 4.69) is 15.4 Å². The number of aryl methyl sites for hydroxylation is 2. The zero-order chi connectivity index (χ0) is 15.7. The van der Waals surface area contributed by atoms with Gasteiger partial charge in [-0.1, -0.05) is 17.4 Å². The molecule has 3 aromatic rings. The van der Waals surface area contributed by atoms with Crippen molar-refractivity contribution >= 4 is 16.5 Å². The number of halogens is 2. The maximum absolute atomic E-state index is 13.6. The number of benzene rings is 1. The van der Waals surface area contributed by atoms with Crippen molar-refractivity contribution in [1.82, 2.24) is 14.8 Å². The van der Waals surface area contributed by atoms with Gasteiger partial charge in [-0.15, -0.1) is 0 Å². The number of thiazole rings is 1. The Labute approximate surface area is 130 Å². The van der Waals surface area contributed by atoms with Crippen LogP contribution in [0.5, 0.6) is 0 Å². The molecular formula is C15H14F2N4S. The summed E-state index contributed by atoms with van der Waals surface area (Å²) in [6.07, 6.45) is 1.72. The average Bonchev–Trinajstić information content (AvgIpc) is 3.04. The van der Waals surface area contributed by atoms with Gasteiger partial charge in [0.25, 0.3) is 0 Å². The normalized spacial score (nSPS) is 10.9. The Morgan fingerprint density at radius 1 is 1.27 bits per heavy atom. The monoisotopic (exact) mass is 320 g/mol. The topological polar surface area (TPSA) is 42.7 Å². The lowest BCUT2D eigenvalue weighted by Crippen LogP contribution is -2.04. The van der Waals surface area contributed by atoms with Crippen molar-refractivity contribution < 1.29 is 8.78 Å². The number of hydrogen-bond acceptors (Lipinski definition) is 4. The second-order valence-corrected chi connectivity index (χ2v) is 5.91. The Hall–Kier alpha value is -2.28. The Balaban J connectivity index is 1.76. The molecule has 0 amide bonds. The highest BCUT2D eigenvalue weighted by molar-refractivity contribution is 7.18. The third kappa shape index (κ3) is 2.85. The van der Waals surface area contributed by atoms with Gasteiger partial charge in [0.1, 0.15) is 11.6 Å². The van der Waals surface area contributed by atoms with Gasteiger partial charge >= 0.3 is 0 Å². The molecule has 0 unspecified atom stereocenters. The summed E-state index contributed by atoms with van der Waals surface area (Å²) in [5.41, 5.74) is 1.89. The second-order valence-electron chi connectivity index (χ2n) is 4.88. The number of rotatable bonds is 4. The van der Waals surface area contributed by atoms with E-state index in [9.17, 15) is 8.78 Å². The van der Waals surface area contributed by atoms with Crippen LogP contribution in [0.15, 0.2) is 30.5 Å². The maximum atomic E-state index is 13.6. The Kier molecular flexibility index (Phi) is 3.89. The lowest BCUT2D eigenvalue weighted by Gasteiger charge is -2.05. The van der Waals surface area contributed by atoms with Crippen molar-refractivity contribution in [3.8, 4) is 10.6 Å². The number of nitrogens with zero attached hydrogens (tertiary/aromatic N) is 3. The van der Waals surface area contributed by atoms with Gasteiger partial charge in [0.2, 0.25) is 0 Å². The summed E-state index contributed by atoms with van der Waals surface area (Å²) in [4.78, 5) is 5.18. The minimum absolute atomic E-state index is 0.00984. The van der Waals surface area contributed by atoms with Crippen molar-refractivity contribution in [2.24, 2.45) is 7.05 Å². The van der Waals surface area contributed by atoms with Crippen molar-refractivity contribution in [2.75, 3.05) is 5.32 Å². The Morgan fingerprint density at radius 3 is 2.64 bits per heavy atom. The van der Waals surface area contributed by atoms with E-state index in [0.717, 1.165) is 16.3 Å². The summed E-state index contributed by atoms with van der Waals surface area (Å²) in [7, 11) is 1.86. The number of anilines is 1. The highest BCUT2D eigenvalue weighted by Gasteiger charge is 2.11. The predicted molar refractivity (Wildman–Crippen MR) is 82.7 cm³/mol. The van der Waals surface area contributed by atoms with E-state index in [0.29, 0.717) is 5.13 Å². The van der Waals surface area contributed by atoms with Crippen LogP contribution < -0.4 is 5.32 Å².